The topological polar surface area (TPSA) is 40.5 Å². The zero-order chi connectivity index (χ0) is 9.97. The van der Waals surface area contributed by atoms with Crippen LogP contribution < -0.4 is 0 Å². The second kappa shape index (κ2) is 4.23. The van der Waals surface area contributed by atoms with Crippen molar-refractivity contribution in [3.63, 3.8) is 0 Å². The van der Waals surface area contributed by atoms with Gasteiger partial charge in [0.1, 0.15) is 0 Å². The van der Waals surface area contributed by atoms with E-state index in [0.29, 0.717) is 0 Å². The molecule has 2 nitrogen and oxygen atoms in total. The third kappa shape index (κ3) is 1.62. The Labute approximate surface area is 90.4 Å². The summed E-state index contributed by atoms with van der Waals surface area (Å²) >= 11 is 1.45. The monoisotopic (exact) mass is 224 g/mol. The van der Waals surface area contributed by atoms with Crippen molar-refractivity contribution in [1.82, 2.24) is 0 Å². The van der Waals surface area contributed by atoms with Gasteiger partial charge >= 0.3 is 0 Å². The fourth-order valence-corrected chi connectivity index (χ4v) is 2.24. The highest BCUT2D eigenvalue weighted by Crippen LogP contribution is 2.31. The summed E-state index contributed by atoms with van der Waals surface area (Å²) in [7, 11) is 0. The zero-order valence-corrected chi connectivity index (χ0v) is 8.81. The highest BCUT2D eigenvalue weighted by Gasteiger charge is 2.04. The maximum atomic E-state index is 9.05. The molecule has 2 aromatic rings. The lowest BCUT2D eigenvalue weighted by Gasteiger charge is -2.05. The van der Waals surface area contributed by atoms with Crippen LogP contribution in [-0.4, -0.2) is 9.11 Å². The molecule has 0 fully saturated rings. The minimum Gasteiger partial charge on any atom is -0.325 e. The van der Waals surface area contributed by atoms with Gasteiger partial charge in [0.25, 0.3) is 0 Å². The molecule has 0 aromatic heterocycles. The van der Waals surface area contributed by atoms with Crippen LogP contribution in [0, 0.1) is 0 Å². The summed E-state index contributed by atoms with van der Waals surface area (Å²) < 4.78 is 18.1. The van der Waals surface area contributed by atoms with E-state index in [-0.39, 0.29) is 0 Å². The Bertz CT molecular complexity index is 414. The van der Waals surface area contributed by atoms with E-state index in [9.17, 15) is 0 Å². The maximum Gasteiger partial charge on any atom is 0.0429 e. The van der Waals surface area contributed by atoms with Gasteiger partial charge in [-0.15, -0.1) is 0 Å². The summed E-state index contributed by atoms with van der Waals surface area (Å²) in [5.41, 5.74) is 0. The molecule has 0 saturated heterocycles. The summed E-state index contributed by atoms with van der Waals surface area (Å²) in [6.45, 7) is 0. The van der Waals surface area contributed by atoms with Crippen molar-refractivity contribution in [3.05, 3.63) is 36.4 Å². The van der Waals surface area contributed by atoms with Gasteiger partial charge in [0.05, 0.1) is 0 Å². The zero-order valence-electron chi connectivity index (χ0n) is 7.18. The largest absolute Gasteiger partial charge is 0.325 e. The van der Waals surface area contributed by atoms with Crippen LogP contribution in [0.5, 0.6) is 0 Å². The van der Waals surface area contributed by atoms with E-state index in [4.69, 9.17) is 9.11 Å². The fraction of sp³-hybridized carbons (Fsp3) is 0. The lowest BCUT2D eigenvalue weighted by atomic mass is 10.1. The van der Waals surface area contributed by atoms with E-state index < -0.39 is 0 Å². The Balaban J connectivity index is 2.77. The normalized spacial score (nSPS) is 10.7. The average Bonchev–Trinajstić information content (AvgIpc) is 2.27. The summed E-state index contributed by atoms with van der Waals surface area (Å²) in [6, 6.07) is 11.3. The molecule has 0 aliphatic carbocycles. The molecular weight excluding hydrogens is 216 g/mol. The molecule has 0 unspecified atom stereocenters. The van der Waals surface area contributed by atoms with E-state index in [0.717, 1.165) is 44.6 Å². The Hall–Kier alpha value is -0.680. The summed E-state index contributed by atoms with van der Waals surface area (Å²) in [6.07, 6.45) is 0. The van der Waals surface area contributed by atoms with Crippen molar-refractivity contribution < 1.29 is 9.11 Å². The fourth-order valence-electron chi connectivity index (χ4n) is 1.41. The van der Waals surface area contributed by atoms with Crippen LogP contribution in [0.4, 0.5) is 0 Å². The second-order valence-corrected chi connectivity index (χ2v) is 4.03. The summed E-state index contributed by atoms with van der Waals surface area (Å²) in [5.74, 6) is 0. The molecule has 0 spiro atoms. The number of fused-ring (bicyclic) bond motifs is 1. The van der Waals surface area contributed by atoms with Gasteiger partial charge in [0.2, 0.25) is 0 Å². The Morgan fingerprint density at radius 1 is 0.714 bits per heavy atom. The predicted octanol–water partition coefficient (Wildman–Crippen LogP) is 3.97. The van der Waals surface area contributed by atoms with Crippen molar-refractivity contribution in [2.45, 2.75) is 9.79 Å². The van der Waals surface area contributed by atoms with E-state index in [1.165, 1.54) is 0 Å². The second-order valence-electron chi connectivity index (χ2n) is 2.79. The van der Waals surface area contributed by atoms with Crippen LogP contribution in [0.3, 0.4) is 0 Å². The van der Waals surface area contributed by atoms with Gasteiger partial charge in [-0.05, 0) is 22.9 Å². The molecule has 72 valence electrons. The first-order valence-corrected chi connectivity index (χ1v) is 5.56. The standard InChI is InChI=1S/C10H8O2S2/c11-13-9-5-1-3-7-8(9)4-2-6-10(7)14-12/h1-6,11-12H. The highest BCUT2D eigenvalue weighted by atomic mass is 32.2. The Morgan fingerprint density at radius 2 is 1.14 bits per heavy atom. The average molecular weight is 224 g/mol. The van der Waals surface area contributed by atoms with Gasteiger partial charge in [-0.25, -0.2) is 0 Å². The molecule has 0 bridgehead atoms. The minimum atomic E-state index is 0.727. The van der Waals surface area contributed by atoms with Gasteiger partial charge < -0.3 is 9.11 Å². The Morgan fingerprint density at radius 3 is 1.50 bits per heavy atom. The van der Waals surface area contributed by atoms with Gasteiger partial charge in [-0.1, -0.05) is 24.3 Å². The highest BCUT2D eigenvalue weighted by molar-refractivity contribution is 7.94. The molecular formula is C10H8O2S2. The van der Waals surface area contributed by atoms with Crippen LogP contribution in [-0.2, 0) is 0 Å². The van der Waals surface area contributed by atoms with Crippen molar-refractivity contribution in [3.8, 4) is 0 Å². The lowest BCUT2D eigenvalue weighted by molar-refractivity contribution is 0.663. The number of hydrogen-bond acceptors (Lipinski definition) is 4. The van der Waals surface area contributed by atoms with Gasteiger partial charge in [0, 0.05) is 33.9 Å². The van der Waals surface area contributed by atoms with Crippen LogP contribution in [0.2, 0.25) is 0 Å². The molecule has 4 heteroatoms. The van der Waals surface area contributed by atoms with E-state index in [1.807, 2.05) is 36.4 Å². The number of hydrogen-bond donors (Lipinski definition) is 2. The molecule has 2 aromatic carbocycles. The van der Waals surface area contributed by atoms with Gasteiger partial charge in [0.15, 0.2) is 0 Å². The number of benzene rings is 2. The first-order chi connectivity index (χ1) is 6.86. The van der Waals surface area contributed by atoms with Crippen LogP contribution >= 0.6 is 24.1 Å². The van der Waals surface area contributed by atoms with Crippen molar-refractivity contribution in [2.24, 2.45) is 0 Å². The van der Waals surface area contributed by atoms with Crippen molar-refractivity contribution >= 4 is 34.9 Å². The molecule has 0 amide bonds. The predicted molar refractivity (Wildman–Crippen MR) is 60.9 cm³/mol. The summed E-state index contributed by atoms with van der Waals surface area (Å²) in [5, 5.41) is 1.91. The first kappa shape index (κ1) is 9.86. The molecule has 0 atom stereocenters. The van der Waals surface area contributed by atoms with E-state index in [1.54, 1.807) is 0 Å². The molecule has 0 aliphatic heterocycles. The van der Waals surface area contributed by atoms with Gasteiger partial charge in [-0.3, -0.25) is 0 Å². The Kier molecular flexibility index (Phi) is 2.98. The van der Waals surface area contributed by atoms with Crippen molar-refractivity contribution in [2.75, 3.05) is 0 Å². The molecule has 0 aliphatic rings. The molecule has 2 N–H and O–H groups in total. The third-order valence-electron chi connectivity index (χ3n) is 2.04. The van der Waals surface area contributed by atoms with Crippen LogP contribution in [0.1, 0.15) is 0 Å². The SMILES string of the molecule is OSc1cccc2c(SO)cccc12. The number of rotatable bonds is 2. The molecule has 0 saturated carbocycles. The van der Waals surface area contributed by atoms with E-state index in [2.05, 4.69) is 0 Å². The van der Waals surface area contributed by atoms with Crippen LogP contribution in [0.15, 0.2) is 46.2 Å². The molecule has 14 heavy (non-hydrogen) atoms. The minimum absolute atomic E-state index is 0.727. The quantitative estimate of drug-likeness (QED) is 0.757. The lowest BCUT2D eigenvalue weighted by Crippen LogP contribution is -1.79. The maximum absolute atomic E-state index is 9.05. The van der Waals surface area contributed by atoms with E-state index >= 15 is 0 Å². The summed E-state index contributed by atoms with van der Waals surface area (Å²) in [4.78, 5) is 1.61. The molecule has 2 rings (SSSR count). The van der Waals surface area contributed by atoms with Crippen molar-refractivity contribution in [1.29, 1.82) is 0 Å². The molecule has 0 heterocycles. The van der Waals surface area contributed by atoms with Gasteiger partial charge in [-0.2, -0.15) is 0 Å². The molecule has 0 radical (unpaired) electrons. The smallest absolute Gasteiger partial charge is 0.0429 e. The first-order valence-electron chi connectivity index (χ1n) is 4.01. The van der Waals surface area contributed by atoms with Crippen LogP contribution in [0.25, 0.3) is 10.8 Å². The third-order valence-corrected chi connectivity index (χ3v) is 3.14.